The SMILES string of the molecule is CNC(=O)Cn1cc(Nc2nc(C)c3c(n2)N(Cc2cccc(NC#N)c2)CC3)cn1. The van der Waals surface area contributed by atoms with E-state index in [9.17, 15) is 4.79 Å². The number of rotatable bonds is 7. The third kappa shape index (κ3) is 4.56. The first-order chi connectivity index (χ1) is 15.1. The highest BCUT2D eigenvalue weighted by atomic mass is 16.1. The van der Waals surface area contributed by atoms with Crippen LogP contribution < -0.4 is 20.9 Å². The van der Waals surface area contributed by atoms with Crippen LogP contribution in [-0.2, 0) is 24.3 Å². The number of carbonyl (C=O) groups is 1. The number of benzene rings is 1. The minimum atomic E-state index is -0.121. The maximum Gasteiger partial charge on any atom is 0.241 e. The lowest BCUT2D eigenvalue weighted by Crippen LogP contribution is -2.23. The summed E-state index contributed by atoms with van der Waals surface area (Å²) in [5.74, 6) is 1.28. The van der Waals surface area contributed by atoms with Gasteiger partial charge in [-0.1, -0.05) is 12.1 Å². The van der Waals surface area contributed by atoms with Crippen LogP contribution >= 0.6 is 0 Å². The molecule has 10 nitrogen and oxygen atoms in total. The Morgan fingerprint density at radius 1 is 1.29 bits per heavy atom. The second kappa shape index (κ2) is 8.71. The summed E-state index contributed by atoms with van der Waals surface area (Å²) in [6, 6.07) is 7.80. The number of likely N-dealkylation sites (N-methyl/N-ethyl adjacent to an activating group) is 1. The van der Waals surface area contributed by atoms with Crippen LogP contribution in [0.25, 0.3) is 0 Å². The standard InChI is InChI=1S/C21H23N9O/c1-14-18-6-7-29(10-15-4-3-5-16(8-15)24-13-22)20(18)28-21(26-14)27-17-9-25-30(11-17)12-19(31)23-2/h3-5,8-9,11,24H,6-7,10,12H2,1-2H3,(H,23,31)(H,26,27,28). The van der Waals surface area contributed by atoms with E-state index in [2.05, 4.69) is 30.9 Å². The predicted molar refractivity (Wildman–Crippen MR) is 117 cm³/mol. The number of carbonyl (C=O) groups excluding carboxylic acids is 1. The molecule has 158 valence electrons. The number of fused-ring (bicyclic) bond motifs is 1. The largest absolute Gasteiger partial charge is 0.358 e. The molecule has 0 bridgehead atoms. The maximum atomic E-state index is 11.5. The van der Waals surface area contributed by atoms with Crippen molar-refractivity contribution in [3.63, 3.8) is 0 Å². The van der Waals surface area contributed by atoms with E-state index in [0.29, 0.717) is 18.2 Å². The van der Waals surface area contributed by atoms with Crippen LogP contribution in [0.5, 0.6) is 0 Å². The fourth-order valence-electron chi connectivity index (χ4n) is 3.60. The summed E-state index contributed by atoms with van der Waals surface area (Å²) in [7, 11) is 1.59. The highest BCUT2D eigenvalue weighted by Gasteiger charge is 2.24. The lowest BCUT2D eigenvalue weighted by molar-refractivity contribution is -0.121. The van der Waals surface area contributed by atoms with Gasteiger partial charge in [0.1, 0.15) is 12.4 Å². The second-order valence-corrected chi connectivity index (χ2v) is 7.27. The van der Waals surface area contributed by atoms with Crippen LogP contribution in [0.15, 0.2) is 36.7 Å². The Balaban J connectivity index is 1.52. The molecule has 10 heteroatoms. The average molecular weight is 417 g/mol. The van der Waals surface area contributed by atoms with Crippen molar-refractivity contribution in [2.45, 2.75) is 26.4 Å². The molecule has 3 N–H and O–H groups in total. The number of nitrogens with zero attached hydrogens (tertiary/aromatic N) is 6. The highest BCUT2D eigenvalue weighted by Crippen LogP contribution is 2.31. The molecule has 1 aliphatic rings. The van der Waals surface area contributed by atoms with Crippen LogP contribution in [0.2, 0.25) is 0 Å². The topological polar surface area (TPSA) is 124 Å². The zero-order chi connectivity index (χ0) is 21.8. The zero-order valence-corrected chi connectivity index (χ0v) is 17.4. The minimum Gasteiger partial charge on any atom is -0.358 e. The Morgan fingerprint density at radius 3 is 2.97 bits per heavy atom. The number of aryl methyl sites for hydroxylation is 1. The van der Waals surface area contributed by atoms with Gasteiger partial charge in [0.2, 0.25) is 11.9 Å². The third-order valence-corrected chi connectivity index (χ3v) is 5.10. The molecule has 0 aliphatic carbocycles. The van der Waals surface area contributed by atoms with Gasteiger partial charge in [-0.05, 0) is 31.0 Å². The van der Waals surface area contributed by atoms with Crippen molar-refractivity contribution in [3.8, 4) is 6.19 Å². The molecule has 4 rings (SSSR count). The van der Waals surface area contributed by atoms with Gasteiger partial charge < -0.3 is 15.5 Å². The predicted octanol–water partition coefficient (Wildman–Crippen LogP) is 1.93. The normalized spacial score (nSPS) is 12.2. The Morgan fingerprint density at radius 2 is 2.16 bits per heavy atom. The molecule has 0 spiro atoms. The van der Waals surface area contributed by atoms with E-state index in [1.807, 2.05) is 37.4 Å². The number of hydrogen-bond acceptors (Lipinski definition) is 8. The van der Waals surface area contributed by atoms with E-state index in [1.54, 1.807) is 24.1 Å². The zero-order valence-electron chi connectivity index (χ0n) is 17.4. The molecule has 0 saturated heterocycles. The lowest BCUT2D eigenvalue weighted by atomic mass is 10.2. The van der Waals surface area contributed by atoms with Crippen molar-refractivity contribution < 1.29 is 4.79 Å². The van der Waals surface area contributed by atoms with Crippen molar-refractivity contribution in [3.05, 3.63) is 53.5 Å². The van der Waals surface area contributed by atoms with Gasteiger partial charge in [-0.25, -0.2) is 4.98 Å². The minimum absolute atomic E-state index is 0.121. The molecule has 1 amide bonds. The first-order valence-electron chi connectivity index (χ1n) is 9.92. The van der Waals surface area contributed by atoms with Crippen LogP contribution in [0, 0.1) is 18.4 Å². The molecule has 0 radical (unpaired) electrons. The number of hydrogen-bond donors (Lipinski definition) is 3. The van der Waals surface area contributed by atoms with Gasteiger partial charge in [-0.3, -0.25) is 14.8 Å². The summed E-state index contributed by atoms with van der Waals surface area (Å²) in [4.78, 5) is 23.1. The van der Waals surface area contributed by atoms with Gasteiger partial charge in [-0.2, -0.15) is 15.3 Å². The molecule has 0 fully saturated rings. The van der Waals surface area contributed by atoms with E-state index in [-0.39, 0.29) is 12.5 Å². The Labute approximate surface area is 179 Å². The van der Waals surface area contributed by atoms with E-state index in [1.165, 1.54) is 0 Å². The Kier molecular flexibility index (Phi) is 5.66. The molecule has 1 aromatic carbocycles. The van der Waals surface area contributed by atoms with Crippen LogP contribution in [0.1, 0.15) is 16.8 Å². The van der Waals surface area contributed by atoms with Crippen LogP contribution in [0.3, 0.4) is 0 Å². The van der Waals surface area contributed by atoms with E-state index >= 15 is 0 Å². The monoisotopic (exact) mass is 417 g/mol. The summed E-state index contributed by atoms with van der Waals surface area (Å²) in [6.45, 7) is 3.68. The molecular formula is C21H23N9O. The fourth-order valence-corrected chi connectivity index (χ4v) is 3.60. The second-order valence-electron chi connectivity index (χ2n) is 7.27. The van der Waals surface area contributed by atoms with Gasteiger partial charge in [-0.15, -0.1) is 0 Å². The van der Waals surface area contributed by atoms with Crippen molar-refractivity contribution in [2.24, 2.45) is 0 Å². The Bertz CT molecular complexity index is 1150. The van der Waals surface area contributed by atoms with Crippen molar-refractivity contribution >= 4 is 29.0 Å². The van der Waals surface area contributed by atoms with Gasteiger partial charge >= 0.3 is 0 Å². The Hall–Kier alpha value is -4.13. The number of amides is 1. The molecule has 2 aromatic heterocycles. The van der Waals surface area contributed by atoms with E-state index in [0.717, 1.165) is 41.3 Å². The molecule has 31 heavy (non-hydrogen) atoms. The van der Waals surface area contributed by atoms with Crippen LogP contribution in [0.4, 0.5) is 23.1 Å². The van der Waals surface area contributed by atoms with Gasteiger partial charge in [0.05, 0.1) is 11.9 Å². The van der Waals surface area contributed by atoms with Crippen molar-refractivity contribution in [1.29, 1.82) is 5.26 Å². The van der Waals surface area contributed by atoms with Crippen molar-refractivity contribution in [1.82, 2.24) is 25.1 Å². The van der Waals surface area contributed by atoms with Crippen molar-refractivity contribution in [2.75, 3.05) is 29.1 Å². The number of anilines is 4. The first kappa shape index (κ1) is 20.2. The lowest BCUT2D eigenvalue weighted by Gasteiger charge is -2.19. The number of aromatic nitrogens is 4. The van der Waals surface area contributed by atoms with Crippen LogP contribution in [-0.4, -0.2) is 39.2 Å². The summed E-state index contributed by atoms with van der Waals surface area (Å²) >= 11 is 0. The molecule has 3 heterocycles. The number of nitriles is 1. The summed E-state index contributed by atoms with van der Waals surface area (Å²) in [5.41, 5.74) is 4.66. The molecule has 0 atom stereocenters. The average Bonchev–Trinajstić information content (AvgIpc) is 3.36. The smallest absolute Gasteiger partial charge is 0.241 e. The first-order valence-corrected chi connectivity index (χ1v) is 9.92. The summed E-state index contributed by atoms with van der Waals surface area (Å²) < 4.78 is 1.55. The van der Waals surface area contributed by atoms with Gasteiger partial charge in [0.25, 0.3) is 0 Å². The summed E-state index contributed by atoms with van der Waals surface area (Å²) in [5, 5.41) is 21.5. The molecule has 0 unspecified atom stereocenters. The summed E-state index contributed by atoms with van der Waals surface area (Å²) in [6.07, 6.45) is 6.22. The highest BCUT2D eigenvalue weighted by molar-refractivity contribution is 5.75. The third-order valence-electron chi connectivity index (χ3n) is 5.10. The molecule has 0 saturated carbocycles. The van der Waals surface area contributed by atoms with Gasteiger partial charge in [0, 0.05) is 43.3 Å². The fraction of sp³-hybridized carbons (Fsp3) is 0.286. The van der Waals surface area contributed by atoms with Gasteiger partial charge in [0.15, 0.2) is 6.19 Å². The molecule has 3 aromatic rings. The quantitative estimate of drug-likeness (QED) is 0.394. The molecular weight excluding hydrogens is 394 g/mol. The number of nitrogens with one attached hydrogen (secondary N) is 3. The van der Waals surface area contributed by atoms with E-state index < -0.39 is 0 Å². The van der Waals surface area contributed by atoms with E-state index in [4.69, 9.17) is 10.2 Å². The maximum absolute atomic E-state index is 11.5. The molecule has 1 aliphatic heterocycles.